The third-order valence-corrected chi connectivity index (χ3v) is 3.24. The number of carbonyl (C=O) groups is 1. The van der Waals surface area contributed by atoms with Crippen molar-refractivity contribution in [3.05, 3.63) is 70.8 Å². The van der Waals surface area contributed by atoms with Gasteiger partial charge in [0.1, 0.15) is 0 Å². The van der Waals surface area contributed by atoms with Crippen molar-refractivity contribution in [2.24, 2.45) is 0 Å². The molecule has 0 spiro atoms. The molecule has 0 unspecified atom stereocenters. The zero-order valence-corrected chi connectivity index (χ0v) is 12.6. The number of hydrogen-bond acceptors (Lipinski definition) is 1. The topological polar surface area (TPSA) is 41.1 Å². The van der Waals surface area contributed by atoms with Crippen LogP contribution in [0.2, 0.25) is 0 Å². The highest BCUT2D eigenvalue weighted by molar-refractivity contribution is 5.73. The van der Waals surface area contributed by atoms with E-state index in [-0.39, 0.29) is 6.54 Å². The Morgan fingerprint density at radius 1 is 0.957 bits per heavy atom. The second kappa shape index (κ2) is 7.17. The molecule has 0 aliphatic carbocycles. The van der Waals surface area contributed by atoms with Gasteiger partial charge >= 0.3 is 12.2 Å². The van der Waals surface area contributed by atoms with Crippen molar-refractivity contribution in [2.45, 2.75) is 26.2 Å². The van der Waals surface area contributed by atoms with E-state index < -0.39 is 17.8 Å². The molecule has 0 heterocycles. The number of rotatable bonds is 4. The summed E-state index contributed by atoms with van der Waals surface area (Å²) in [4.78, 5) is 11.7. The average Bonchev–Trinajstić information content (AvgIpc) is 2.50. The van der Waals surface area contributed by atoms with Crippen molar-refractivity contribution in [1.29, 1.82) is 0 Å². The Kier molecular flexibility index (Phi) is 5.26. The first-order chi connectivity index (χ1) is 10.8. The number of nitrogens with one attached hydrogen (secondary N) is 2. The zero-order chi connectivity index (χ0) is 16.9. The third-order valence-electron chi connectivity index (χ3n) is 3.24. The van der Waals surface area contributed by atoms with Crippen LogP contribution in [0.5, 0.6) is 0 Å². The van der Waals surface area contributed by atoms with Crippen LogP contribution in [0.25, 0.3) is 0 Å². The minimum Gasteiger partial charge on any atom is -0.334 e. The molecule has 6 heteroatoms. The number of halogens is 3. The molecule has 2 aromatic carbocycles. The quantitative estimate of drug-likeness (QED) is 0.877. The Labute approximate surface area is 132 Å². The van der Waals surface area contributed by atoms with Gasteiger partial charge in [0, 0.05) is 13.1 Å². The smallest absolute Gasteiger partial charge is 0.334 e. The van der Waals surface area contributed by atoms with E-state index >= 15 is 0 Å². The van der Waals surface area contributed by atoms with Gasteiger partial charge in [0.15, 0.2) is 0 Å². The van der Waals surface area contributed by atoms with E-state index in [2.05, 4.69) is 10.6 Å². The minimum atomic E-state index is -4.39. The first-order valence-electron chi connectivity index (χ1n) is 7.08. The Balaban J connectivity index is 1.85. The standard InChI is InChI=1S/C17H17F3N2O/c1-12-4-2-5-13(8-12)10-21-16(23)22-11-14-6-3-7-15(9-14)17(18,19)20/h2-9H,10-11H2,1H3,(H2,21,22,23). The SMILES string of the molecule is Cc1cccc(CNC(=O)NCc2cccc(C(F)(F)F)c2)c1. The van der Waals surface area contributed by atoms with Crippen LogP contribution in [0.4, 0.5) is 18.0 Å². The number of benzene rings is 2. The summed E-state index contributed by atoms with van der Waals surface area (Å²) in [6, 6.07) is 12.2. The molecule has 0 saturated heterocycles. The van der Waals surface area contributed by atoms with Crippen molar-refractivity contribution >= 4 is 6.03 Å². The molecule has 2 amide bonds. The predicted octanol–water partition coefficient (Wildman–Crippen LogP) is 4.01. The van der Waals surface area contributed by atoms with Crippen molar-refractivity contribution in [1.82, 2.24) is 10.6 Å². The van der Waals surface area contributed by atoms with E-state index in [0.29, 0.717) is 12.1 Å². The first kappa shape index (κ1) is 16.9. The molecule has 0 atom stereocenters. The molecule has 0 aliphatic rings. The number of aryl methyl sites for hydroxylation is 1. The van der Waals surface area contributed by atoms with Crippen LogP contribution in [0.1, 0.15) is 22.3 Å². The van der Waals surface area contributed by atoms with E-state index in [4.69, 9.17) is 0 Å². The highest BCUT2D eigenvalue weighted by atomic mass is 19.4. The van der Waals surface area contributed by atoms with Crippen molar-refractivity contribution < 1.29 is 18.0 Å². The number of hydrogen-bond donors (Lipinski definition) is 2. The Morgan fingerprint density at radius 2 is 1.52 bits per heavy atom. The minimum absolute atomic E-state index is 0.0313. The number of amides is 2. The molecule has 0 aromatic heterocycles. The normalized spacial score (nSPS) is 11.1. The Bertz CT molecular complexity index is 684. The summed E-state index contributed by atoms with van der Waals surface area (Å²) in [6.07, 6.45) is -4.39. The maximum atomic E-state index is 12.6. The van der Waals surface area contributed by atoms with E-state index in [9.17, 15) is 18.0 Å². The molecule has 2 N–H and O–H groups in total. The van der Waals surface area contributed by atoms with E-state index in [0.717, 1.165) is 23.3 Å². The number of alkyl halides is 3. The van der Waals surface area contributed by atoms with Gasteiger partial charge in [-0.15, -0.1) is 0 Å². The lowest BCUT2D eigenvalue weighted by molar-refractivity contribution is -0.137. The predicted molar refractivity (Wildman–Crippen MR) is 81.7 cm³/mol. The molecule has 0 bridgehead atoms. The van der Waals surface area contributed by atoms with Gasteiger partial charge in [0.25, 0.3) is 0 Å². The largest absolute Gasteiger partial charge is 0.416 e. The fourth-order valence-corrected chi connectivity index (χ4v) is 2.11. The summed E-state index contributed by atoms with van der Waals surface area (Å²) in [5, 5.41) is 5.21. The van der Waals surface area contributed by atoms with Gasteiger partial charge in [-0.25, -0.2) is 4.79 Å². The maximum Gasteiger partial charge on any atom is 0.416 e. The van der Waals surface area contributed by atoms with Crippen molar-refractivity contribution in [3.8, 4) is 0 Å². The lowest BCUT2D eigenvalue weighted by Crippen LogP contribution is -2.34. The fourth-order valence-electron chi connectivity index (χ4n) is 2.11. The fraction of sp³-hybridized carbons (Fsp3) is 0.235. The third kappa shape index (κ3) is 5.32. The van der Waals surface area contributed by atoms with Crippen LogP contribution < -0.4 is 10.6 Å². The number of carbonyl (C=O) groups excluding carboxylic acids is 1. The van der Waals surface area contributed by atoms with Crippen LogP contribution in [-0.2, 0) is 19.3 Å². The monoisotopic (exact) mass is 322 g/mol. The van der Waals surface area contributed by atoms with Crippen LogP contribution in [0, 0.1) is 6.92 Å². The van der Waals surface area contributed by atoms with Crippen molar-refractivity contribution in [2.75, 3.05) is 0 Å². The Hall–Kier alpha value is -2.50. The van der Waals surface area contributed by atoms with Crippen LogP contribution in [0.3, 0.4) is 0 Å². The summed E-state index contributed by atoms with van der Waals surface area (Å²) >= 11 is 0. The van der Waals surface area contributed by atoms with Gasteiger partial charge in [0.05, 0.1) is 5.56 Å². The van der Waals surface area contributed by atoms with E-state index in [1.807, 2.05) is 31.2 Å². The molecular weight excluding hydrogens is 305 g/mol. The van der Waals surface area contributed by atoms with Crippen LogP contribution >= 0.6 is 0 Å². The van der Waals surface area contributed by atoms with Crippen LogP contribution in [0.15, 0.2) is 48.5 Å². The molecule has 23 heavy (non-hydrogen) atoms. The molecule has 2 rings (SSSR count). The van der Waals surface area contributed by atoms with Gasteiger partial charge in [-0.05, 0) is 30.2 Å². The van der Waals surface area contributed by atoms with Gasteiger partial charge in [0.2, 0.25) is 0 Å². The van der Waals surface area contributed by atoms with Crippen LogP contribution in [-0.4, -0.2) is 6.03 Å². The summed E-state index contributed by atoms with van der Waals surface area (Å²) < 4.78 is 37.8. The molecule has 122 valence electrons. The average molecular weight is 322 g/mol. The second-order valence-electron chi connectivity index (χ2n) is 5.22. The summed E-state index contributed by atoms with van der Waals surface area (Å²) in [6.45, 7) is 2.34. The molecule has 2 aromatic rings. The highest BCUT2D eigenvalue weighted by Crippen LogP contribution is 2.29. The van der Waals surface area contributed by atoms with E-state index in [1.165, 1.54) is 12.1 Å². The van der Waals surface area contributed by atoms with Gasteiger partial charge in [-0.2, -0.15) is 13.2 Å². The highest BCUT2D eigenvalue weighted by Gasteiger charge is 2.30. The van der Waals surface area contributed by atoms with Crippen molar-refractivity contribution in [3.63, 3.8) is 0 Å². The number of urea groups is 1. The molecular formula is C17H17F3N2O. The lowest BCUT2D eigenvalue weighted by Gasteiger charge is -2.10. The zero-order valence-electron chi connectivity index (χ0n) is 12.6. The molecule has 3 nitrogen and oxygen atoms in total. The van der Waals surface area contributed by atoms with Gasteiger partial charge in [-0.1, -0.05) is 42.0 Å². The van der Waals surface area contributed by atoms with Gasteiger partial charge < -0.3 is 10.6 Å². The summed E-state index contributed by atoms with van der Waals surface area (Å²) in [7, 11) is 0. The maximum absolute atomic E-state index is 12.6. The first-order valence-corrected chi connectivity index (χ1v) is 7.08. The summed E-state index contributed by atoms with van der Waals surface area (Å²) in [5.74, 6) is 0. The molecule has 0 fully saturated rings. The van der Waals surface area contributed by atoms with E-state index in [1.54, 1.807) is 0 Å². The summed E-state index contributed by atoms with van der Waals surface area (Å²) in [5.41, 5.74) is 1.72. The lowest BCUT2D eigenvalue weighted by atomic mass is 10.1. The Morgan fingerprint density at radius 3 is 2.09 bits per heavy atom. The molecule has 0 aliphatic heterocycles. The molecule has 0 saturated carbocycles. The molecule has 0 radical (unpaired) electrons. The van der Waals surface area contributed by atoms with Gasteiger partial charge in [-0.3, -0.25) is 0 Å². The second-order valence-corrected chi connectivity index (χ2v) is 5.22.